The van der Waals surface area contributed by atoms with E-state index >= 15 is 0 Å². The maximum atomic E-state index is 6.05. The molecule has 0 bridgehead atoms. The lowest BCUT2D eigenvalue weighted by atomic mass is 9.89. The zero-order valence-corrected chi connectivity index (χ0v) is 13.7. The van der Waals surface area contributed by atoms with Crippen LogP contribution in [0.1, 0.15) is 51.8 Å². The minimum Gasteiger partial charge on any atom is -0.374 e. The fraction of sp³-hybridized carbons (Fsp3) is 0.750. The Kier molecular flexibility index (Phi) is 7.66. The van der Waals surface area contributed by atoms with E-state index in [2.05, 4.69) is 50.5 Å². The molecule has 1 heterocycles. The minimum atomic E-state index is -0.0544. The van der Waals surface area contributed by atoms with Gasteiger partial charge in [-0.2, -0.15) is 0 Å². The predicted molar refractivity (Wildman–Crippen MR) is 85.0 cm³/mol. The van der Waals surface area contributed by atoms with Crippen LogP contribution in [0.25, 0.3) is 0 Å². The third-order valence-corrected chi connectivity index (χ3v) is 4.75. The van der Waals surface area contributed by atoms with Gasteiger partial charge >= 0.3 is 0 Å². The summed E-state index contributed by atoms with van der Waals surface area (Å²) in [5.74, 6) is 0. The molecule has 1 rings (SSSR count). The highest BCUT2D eigenvalue weighted by molar-refractivity contribution is 7.09. The molecule has 0 aliphatic heterocycles. The first-order chi connectivity index (χ1) is 9.16. The van der Waals surface area contributed by atoms with Gasteiger partial charge in [-0.3, -0.25) is 0 Å². The van der Waals surface area contributed by atoms with Gasteiger partial charge in [0.25, 0.3) is 0 Å². The Morgan fingerprint density at radius 1 is 1.37 bits per heavy atom. The summed E-state index contributed by atoms with van der Waals surface area (Å²) in [5, 5.41) is 5.85. The molecule has 0 saturated carbocycles. The molecule has 1 aromatic rings. The molecular formula is C16H29NOS. The highest BCUT2D eigenvalue weighted by Gasteiger charge is 2.32. The van der Waals surface area contributed by atoms with Crippen molar-refractivity contribution in [3.63, 3.8) is 0 Å². The van der Waals surface area contributed by atoms with E-state index in [-0.39, 0.29) is 5.60 Å². The van der Waals surface area contributed by atoms with Crippen molar-refractivity contribution in [2.75, 3.05) is 13.2 Å². The Hall–Kier alpha value is -0.380. The number of aryl methyl sites for hydroxylation is 1. The molecule has 0 amide bonds. The van der Waals surface area contributed by atoms with Gasteiger partial charge in [0.1, 0.15) is 0 Å². The normalized spacial score (nSPS) is 16.2. The molecule has 2 atom stereocenters. The van der Waals surface area contributed by atoms with Crippen LogP contribution in [0.5, 0.6) is 0 Å². The molecule has 2 nitrogen and oxygen atoms in total. The average molecular weight is 283 g/mol. The predicted octanol–water partition coefficient (Wildman–Crippen LogP) is 4.25. The first-order valence-corrected chi connectivity index (χ1v) is 8.44. The summed E-state index contributed by atoms with van der Waals surface area (Å²) < 4.78 is 6.05. The van der Waals surface area contributed by atoms with Crippen molar-refractivity contribution in [2.45, 2.75) is 65.0 Å². The Bertz CT molecular complexity index is 325. The standard InChI is InChI=1S/C16H29NOS/c1-5-12-17-15(16(4,6-2)18-7-3)11-10-14-9-8-13-19-14/h8-9,13,15,17H,5-7,10-12H2,1-4H3. The lowest BCUT2D eigenvalue weighted by Gasteiger charge is -2.37. The number of ether oxygens (including phenoxy) is 1. The summed E-state index contributed by atoms with van der Waals surface area (Å²) in [4.78, 5) is 1.47. The second kappa shape index (κ2) is 8.72. The van der Waals surface area contributed by atoms with Crippen molar-refractivity contribution in [3.05, 3.63) is 22.4 Å². The van der Waals surface area contributed by atoms with Crippen molar-refractivity contribution in [3.8, 4) is 0 Å². The molecule has 0 aliphatic carbocycles. The van der Waals surface area contributed by atoms with Gasteiger partial charge in [0, 0.05) is 17.5 Å². The van der Waals surface area contributed by atoms with E-state index in [4.69, 9.17) is 4.74 Å². The van der Waals surface area contributed by atoms with Gasteiger partial charge in [0.15, 0.2) is 0 Å². The summed E-state index contributed by atoms with van der Waals surface area (Å²) in [7, 11) is 0. The van der Waals surface area contributed by atoms with Gasteiger partial charge in [0.2, 0.25) is 0 Å². The maximum absolute atomic E-state index is 6.05. The number of nitrogens with one attached hydrogen (secondary N) is 1. The van der Waals surface area contributed by atoms with E-state index in [1.165, 1.54) is 11.3 Å². The zero-order chi connectivity index (χ0) is 14.1. The Morgan fingerprint density at radius 2 is 2.16 bits per heavy atom. The summed E-state index contributed by atoms with van der Waals surface area (Å²) in [6, 6.07) is 4.79. The number of rotatable bonds is 10. The van der Waals surface area contributed by atoms with Crippen LogP contribution in [0, 0.1) is 0 Å². The topological polar surface area (TPSA) is 21.3 Å². The van der Waals surface area contributed by atoms with Gasteiger partial charge in [-0.05, 0) is 57.5 Å². The van der Waals surface area contributed by atoms with Crippen LogP contribution in [0.3, 0.4) is 0 Å². The van der Waals surface area contributed by atoms with Crippen LogP contribution in [-0.2, 0) is 11.2 Å². The maximum Gasteiger partial charge on any atom is 0.0804 e. The SMILES string of the molecule is CCCNC(CCc1cccs1)C(C)(CC)OCC. The molecular weight excluding hydrogens is 254 g/mol. The molecule has 1 N–H and O–H groups in total. The summed E-state index contributed by atoms with van der Waals surface area (Å²) in [5.41, 5.74) is -0.0544. The van der Waals surface area contributed by atoms with Crippen LogP contribution in [-0.4, -0.2) is 24.8 Å². The zero-order valence-electron chi connectivity index (χ0n) is 12.9. The number of hydrogen-bond donors (Lipinski definition) is 1. The van der Waals surface area contributed by atoms with Crippen molar-refractivity contribution >= 4 is 11.3 Å². The van der Waals surface area contributed by atoms with Crippen molar-refractivity contribution < 1.29 is 4.74 Å². The molecule has 19 heavy (non-hydrogen) atoms. The fourth-order valence-corrected chi connectivity index (χ4v) is 3.19. The number of hydrogen-bond acceptors (Lipinski definition) is 3. The van der Waals surface area contributed by atoms with E-state index in [0.717, 1.165) is 32.4 Å². The Morgan fingerprint density at radius 3 is 2.68 bits per heavy atom. The molecule has 0 aliphatic rings. The van der Waals surface area contributed by atoms with Crippen molar-refractivity contribution in [1.29, 1.82) is 0 Å². The Balaban J connectivity index is 2.63. The van der Waals surface area contributed by atoms with Crippen molar-refractivity contribution in [1.82, 2.24) is 5.32 Å². The van der Waals surface area contributed by atoms with Crippen LogP contribution >= 0.6 is 11.3 Å². The molecule has 3 heteroatoms. The van der Waals surface area contributed by atoms with E-state index < -0.39 is 0 Å². The molecule has 0 aromatic carbocycles. The highest BCUT2D eigenvalue weighted by atomic mass is 32.1. The highest BCUT2D eigenvalue weighted by Crippen LogP contribution is 2.24. The molecule has 2 unspecified atom stereocenters. The largest absolute Gasteiger partial charge is 0.374 e. The van der Waals surface area contributed by atoms with Gasteiger partial charge < -0.3 is 10.1 Å². The number of thiophene rings is 1. The van der Waals surface area contributed by atoms with E-state index in [1.54, 1.807) is 0 Å². The molecule has 0 saturated heterocycles. The van der Waals surface area contributed by atoms with Crippen LogP contribution in [0.2, 0.25) is 0 Å². The molecule has 1 aromatic heterocycles. The molecule has 0 spiro atoms. The monoisotopic (exact) mass is 283 g/mol. The van der Waals surface area contributed by atoms with Gasteiger partial charge in [-0.15, -0.1) is 11.3 Å². The minimum absolute atomic E-state index is 0.0544. The van der Waals surface area contributed by atoms with E-state index in [9.17, 15) is 0 Å². The summed E-state index contributed by atoms with van der Waals surface area (Å²) in [6.45, 7) is 10.6. The third kappa shape index (κ3) is 5.25. The average Bonchev–Trinajstić information content (AvgIpc) is 2.92. The van der Waals surface area contributed by atoms with Crippen LogP contribution < -0.4 is 5.32 Å². The Labute approximate surface area is 122 Å². The summed E-state index contributed by atoms with van der Waals surface area (Å²) >= 11 is 1.85. The lowest BCUT2D eigenvalue weighted by molar-refractivity contribution is -0.0568. The van der Waals surface area contributed by atoms with Crippen LogP contribution in [0.15, 0.2) is 17.5 Å². The van der Waals surface area contributed by atoms with E-state index in [0.29, 0.717) is 6.04 Å². The smallest absolute Gasteiger partial charge is 0.0804 e. The quantitative estimate of drug-likeness (QED) is 0.693. The second-order valence-electron chi connectivity index (χ2n) is 5.22. The van der Waals surface area contributed by atoms with Gasteiger partial charge in [0.05, 0.1) is 5.60 Å². The fourth-order valence-electron chi connectivity index (χ4n) is 2.46. The summed E-state index contributed by atoms with van der Waals surface area (Å²) in [6.07, 6.45) is 4.50. The lowest BCUT2D eigenvalue weighted by Crippen LogP contribution is -2.50. The van der Waals surface area contributed by atoms with Crippen molar-refractivity contribution in [2.24, 2.45) is 0 Å². The van der Waals surface area contributed by atoms with Gasteiger partial charge in [-0.1, -0.05) is 19.9 Å². The third-order valence-electron chi connectivity index (χ3n) is 3.81. The molecule has 0 radical (unpaired) electrons. The molecule has 110 valence electrons. The van der Waals surface area contributed by atoms with Gasteiger partial charge in [-0.25, -0.2) is 0 Å². The first-order valence-electron chi connectivity index (χ1n) is 7.56. The van der Waals surface area contributed by atoms with E-state index in [1.807, 2.05) is 11.3 Å². The first kappa shape index (κ1) is 16.7. The van der Waals surface area contributed by atoms with Crippen LogP contribution in [0.4, 0.5) is 0 Å². The second-order valence-corrected chi connectivity index (χ2v) is 6.26. The molecule has 0 fully saturated rings.